The largest absolute Gasteiger partial charge is 0.297 e. The molecule has 2 unspecified atom stereocenters. The minimum Gasteiger partial charge on any atom is -0.297 e. The van der Waals surface area contributed by atoms with E-state index in [0.29, 0.717) is 6.04 Å². The van der Waals surface area contributed by atoms with E-state index in [-0.39, 0.29) is 5.54 Å². The lowest BCUT2D eigenvalue weighted by Gasteiger charge is -2.30. The monoisotopic (exact) mass is 375 g/mol. The second kappa shape index (κ2) is 12.7. The standard InChI is InChI=1S/C24H41NS/c1-3-5-7-9-11-13-16-22-18-20-24(25-22,23-17-15-21-26-23)19-14-12-10-8-6-4-2/h15,17-18,20-22,25H,3-14,16,19H2,1-2H3. The van der Waals surface area contributed by atoms with E-state index < -0.39 is 0 Å². The van der Waals surface area contributed by atoms with Crippen LogP contribution in [-0.2, 0) is 5.54 Å². The summed E-state index contributed by atoms with van der Waals surface area (Å²) in [6.07, 6.45) is 24.1. The third kappa shape index (κ3) is 7.19. The van der Waals surface area contributed by atoms with Gasteiger partial charge in [-0.25, -0.2) is 0 Å². The van der Waals surface area contributed by atoms with Gasteiger partial charge in [-0.05, 0) is 24.3 Å². The Morgan fingerprint density at radius 1 is 0.885 bits per heavy atom. The maximum absolute atomic E-state index is 4.01. The second-order valence-corrected chi connectivity index (χ2v) is 9.08. The molecule has 0 amide bonds. The van der Waals surface area contributed by atoms with Gasteiger partial charge in [-0.1, -0.05) is 109 Å². The van der Waals surface area contributed by atoms with Crippen LogP contribution in [0.4, 0.5) is 0 Å². The van der Waals surface area contributed by atoms with E-state index in [1.54, 1.807) is 0 Å². The zero-order valence-corrected chi connectivity index (χ0v) is 18.1. The lowest BCUT2D eigenvalue weighted by Crippen LogP contribution is -2.40. The molecule has 0 fully saturated rings. The van der Waals surface area contributed by atoms with Crippen LogP contribution in [0, 0.1) is 0 Å². The zero-order chi connectivity index (χ0) is 18.5. The maximum atomic E-state index is 4.01. The molecule has 2 heterocycles. The van der Waals surface area contributed by atoms with Crippen LogP contribution in [0.25, 0.3) is 0 Å². The van der Waals surface area contributed by atoms with Crippen molar-refractivity contribution in [2.24, 2.45) is 0 Å². The van der Waals surface area contributed by atoms with Gasteiger partial charge in [0.15, 0.2) is 0 Å². The second-order valence-electron chi connectivity index (χ2n) is 8.13. The highest BCUT2D eigenvalue weighted by Crippen LogP contribution is 2.37. The fraction of sp³-hybridized carbons (Fsp3) is 0.750. The van der Waals surface area contributed by atoms with E-state index in [4.69, 9.17) is 0 Å². The highest BCUT2D eigenvalue weighted by Gasteiger charge is 2.35. The molecule has 1 aliphatic heterocycles. The van der Waals surface area contributed by atoms with Crippen LogP contribution in [0.3, 0.4) is 0 Å². The van der Waals surface area contributed by atoms with E-state index in [1.807, 2.05) is 11.3 Å². The average molecular weight is 376 g/mol. The van der Waals surface area contributed by atoms with Gasteiger partial charge in [0.25, 0.3) is 0 Å². The van der Waals surface area contributed by atoms with Gasteiger partial charge in [-0.3, -0.25) is 5.32 Å². The third-order valence-corrected chi connectivity index (χ3v) is 6.86. The SMILES string of the molecule is CCCCCCCCC1C=CC(CCCCCCCC)(c2cccs2)N1. The Labute approximate surface area is 166 Å². The minimum atomic E-state index is 0.117. The molecule has 1 nitrogen and oxygen atoms in total. The number of hydrogen-bond acceptors (Lipinski definition) is 2. The van der Waals surface area contributed by atoms with Gasteiger partial charge in [0, 0.05) is 10.9 Å². The normalized spacial score (nSPS) is 22.3. The zero-order valence-electron chi connectivity index (χ0n) is 17.3. The van der Waals surface area contributed by atoms with E-state index in [9.17, 15) is 0 Å². The lowest BCUT2D eigenvalue weighted by molar-refractivity contribution is 0.362. The first-order chi connectivity index (χ1) is 12.8. The Morgan fingerprint density at radius 2 is 1.54 bits per heavy atom. The molecule has 1 aromatic heterocycles. The molecular formula is C24H41NS. The number of rotatable bonds is 15. The quantitative estimate of drug-likeness (QED) is 0.242. The smallest absolute Gasteiger partial charge is 0.0719 e. The summed E-state index contributed by atoms with van der Waals surface area (Å²) in [6.45, 7) is 4.59. The fourth-order valence-corrected chi connectivity index (χ4v) is 5.07. The molecule has 2 heteroatoms. The summed E-state index contributed by atoms with van der Waals surface area (Å²) in [5.41, 5.74) is 0.117. The number of hydrogen-bond donors (Lipinski definition) is 1. The summed E-state index contributed by atoms with van der Waals surface area (Å²) in [5.74, 6) is 0. The molecule has 148 valence electrons. The topological polar surface area (TPSA) is 12.0 Å². The number of nitrogens with one attached hydrogen (secondary N) is 1. The van der Waals surface area contributed by atoms with Gasteiger partial charge >= 0.3 is 0 Å². The summed E-state index contributed by atoms with van der Waals surface area (Å²) in [4.78, 5) is 1.51. The first-order valence-electron chi connectivity index (χ1n) is 11.3. The van der Waals surface area contributed by atoms with Crippen LogP contribution in [0.1, 0.15) is 109 Å². The maximum Gasteiger partial charge on any atom is 0.0719 e. The molecule has 0 saturated heterocycles. The van der Waals surface area contributed by atoms with E-state index in [1.165, 1.54) is 94.8 Å². The summed E-state index contributed by atoms with van der Waals surface area (Å²) < 4.78 is 0. The van der Waals surface area contributed by atoms with Crippen molar-refractivity contribution in [2.75, 3.05) is 0 Å². The van der Waals surface area contributed by atoms with Gasteiger partial charge in [0.1, 0.15) is 0 Å². The van der Waals surface area contributed by atoms with Crippen LogP contribution in [0.5, 0.6) is 0 Å². The minimum absolute atomic E-state index is 0.117. The molecule has 2 atom stereocenters. The predicted molar refractivity (Wildman–Crippen MR) is 118 cm³/mol. The van der Waals surface area contributed by atoms with Gasteiger partial charge in [-0.15, -0.1) is 11.3 Å². The molecule has 0 spiro atoms. The van der Waals surface area contributed by atoms with E-state index in [0.717, 1.165) is 0 Å². The van der Waals surface area contributed by atoms with Gasteiger partial charge in [0.05, 0.1) is 5.54 Å². The average Bonchev–Trinajstić information content (AvgIpc) is 3.32. The molecule has 26 heavy (non-hydrogen) atoms. The molecule has 0 aromatic carbocycles. The fourth-order valence-electron chi connectivity index (χ4n) is 4.17. The van der Waals surface area contributed by atoms with Crippen molar-refractivity contribution in [3.63, 3.8) is 0 Å². The van der Waals surface area contributed by atoms with Crippen LogP contribution in [0.15, 0.2) is 29.7 Å². The molecule has 1 aliphatic rings. The summed E-state index contributed by atoms with van der Waals surface area (Å²) >= 11 is 1.92. The van der Waals surface area contributed by atoms with Crippen LogP contribution >= 0.6 is 11.3 Å². The van der Waals surface area contributed by atoms with E-state index >= 15 is 0 Å². The van der Waals surface area contributed by atoms with Crippen molar-refractivity contribution in [1.82, 2.24) is 5.32 Å². The Balaban J connectivity index is 1.75. The molecule has 0 bridgehead atoms. The molecule has 1 aromatic rings. The van der Waals surface area contributed by atoms with Crippen molar-refractivity contribution in [1.29, 1.82) is 0 Å². The summed E-state index contributed by atoms with van der Waals surface area (Å²) in [5, 5.41) is 6.24. The molecule has 2 rings (SSSR count). The Hall–Kier alpha value is -0.600. The van der Waals surface area contributed by atoms with Gasteiger partial charge in [0.2, 0.25) is 0 Å². The lowest BCUT2D eigenvalue weighted by atomic mass is 9.91. The van der Waals surface area contributed by atoms with Crippen LogP contribution in [0.2, 0.25) is 0 Å². The highest BCUT2D eigenvalue weighted by atomic mass is 32.1. The van der Waals surface area contributed by atoms with Crippen LogP contribution in [-0.4, -0.2) is 6.04 Å². The Bertz CT molecular complexity index is 478. The Morgan fingerprint density at radius 3 is 2.19 bits per heavy atom. The van der Waals surface area contributed by atoms with Gasteiger partial charge < -0.3 is 0 Å². The van der Waals surface area contributed by atoms with Gasteiger partial charge in [-0.2, -0.15) is 0 Å². The first-order valence-corrected chi connectivity index (χ1v) is 12.2. The third-order valence-electron chi connectivity index (χ3n) is 5.81. The van der Waals surface area contributed by atoms with E-state index in [2.05, 4.69) is 48.8 Å². The summed E-state index contributed by atoms with van der Waals surface area (Å²) in [6, 6.07) is 5.11. The molecule has 1 N–H and O–H groups in total. The number of unbranched alkanes of at least 4 members (excludes halogenated alkanes) is 10. The number of thiophene rings is 1. The first kappa shape index (κ1) is 21.7. The van der Waals surface area contributed by atoms with Crippen molar-refractivity contribution >= 4 is 11.3 Å². The highest BCUT2D eigenvalue weighted by molar-refractivity contribution is 7.10. The van der Waals surface area contributed by atoms with Crippen LogP contribution < -0.4 is 5.32 Å². The molecule has 0 saturated carbocycles. The molecule has 0 aliphatic carbocycles. The molecule has 0 radical (unpaired) electrons. The van der Waals surface area contributed by atoms with Crippen molar-refractivity contribution in [2.45, 2.75) is 115 Å². The van der Waals surface area contributed by atoms with Crippen molar-refractivity contribution < 1.29 is 0 Å². The molecular weight excluding hydrogens is 334 g/mol. The van der Waals surface area contributed by atoms with Crippen molar-refractivity contribution in [3.8, 4) is 0 Å². The van der Waals surface area contributed by atoms with Crippen molar-refractivity contribution in [3.05, 3.63) is 34.5 Å². The Kier molecular flexibility index (Phi) is 10.6. The predicted octanol–water partition coefficient (Wildman–Crippen LogP) is 7.97. The summed E-state index contributed by atoms with van der Waals surface area (Å²) in [7, 11) is 0.